The van der Waals surface area contributed by atoms with Crippen molar-refractivity contribution in [2.45, 2.75) is 6.61 Å². The molecule has 2 N–H and O–H groups in total. The molecule has 0 spiro atoms. The van der Waals surface area contributed by atoms with Crippen LogP contribution < -0.4 is 4.74 Å². The van der Waals surface area contributed by atoms with Gasteiger partial charge < -0.3 is 14.9 Å². The zero-order chi connectivity index (χ0) is 16.9. The number of ether oxygens (including phenoxy) is 1. The van der Waals surface area contributed by atoms with E-state index in [1.54, 1.807) is 0 Å². The summed E-state index contributed by atoms with van der Waals surface area (Å²) in [4.78, 5) is 10.9. The largest absolute Gasteiger partial charge is 0.507 e. The van der Waals surface area contributed by atoms with Crippen molar-refractivity contribution < 1.29 is 19.7 Å². The molecule has 0 bridgehead atoms. The number of hydrogen-bond acceptors (Lipinski definition) is 3. The third kappa shape index (κ3) is 3.38. The van der Waals surface area contributed by atoms with Gasteiger partial charge >= 0.3 is 5.97 Å². The van der Waals surface area contributed by atoms with Crippen molar-refractivity contribution >= 4 is 5.97 Å². The Bertz CT molecular complexity index is 857. The van der Waals surface area contributed by atoms with Crippen molar-refractivity contribution in [3.8, 4) is 22.6 Å². The zero-order valence-electron chi connectivity index (χ0n) is 12.8. The highest BCUT2D eigenvalue weighted by Gasteiger charge is 2.11. The van der Waals surface area contributed by atoms with Gasteiger partial charge in [0.25, 0.3) is 0 Å². The van der Waals surface area contributed by atoms with Gasteiger partial charge in [-0.3, -0.25) is 0 Å². The molecule has 120 valence electrons. The molecular weight excluding hydrogens is 304 g/mol. The lowest BCUT2D eigenvalue weighted by molar-refractivity contribution is 0.0693. The number of benzene rings is 3. The van der Waals surface area contributed by atoms with Gasteiger partial charge in [-0.1, -0.05) is 54.6 Å². The molecule has 0 aromatic heterocycles. The second-order valence-corrected chi connectivity index (χ2v) is 5.30. The van der Waals surface area contributed by atoms with Gasteiger partial charge in [0.1, 0.15) is 23.7 Å². The molecule has 0 amide bonds. The maximum atomic E-state index is 10.9. The number of carboxylic acids is 1. The number of carboxylic acid groups (broad SMARTS) is 1. The summed E-state index contributed by atoms with van der Waals surface area (Å²) < 4.78 is 5.72. The molecule has 0 aliphatic rings. The molecule has 0 aliphatic heterocycles. The predicted octanol–water partition coefficient (Wildman–Crippen LogP) is 4.34. The van der Waals surface area contributed by atoms with Crippen molar-refractivity contribution in [1.82, 2.24) is 0 Å². The molecule has 0 saturated heterocycles. The van der Waals surface area contributed by atoms with Crippen molar-refractivity contribution in [2.24, 2.45) is 0 Å². The molecule has 4 heteroatoms. The van der Waals surface area contributed by atoms with Gasteiger partial charge in [0.05, 0.1) is 0 Å². The van der Waals surface area contributed by atoms with Crippen LogP contribution in [0.1, 0.15) is 15.9 Å². The second kappa shape index (κ2) is 6.87. The number of rotatable bonds is 5. The van der Waals surface area contributed by atoms with Crippen LogP contribution >= 0.6 is 0 Å². The van der Waals surface area contributed by atoms with Crippen molar-refractivity contribution in [3.63, 3.8) is 0 Å². The van der Waals surface area contributed by atoms with Crippen molar-refractivity contribution in [2.75, 3.05) is 0 Å². The molecule has 0 radical (unpaired) electrons. The minimum Gasteiger partial charge on any atom is -0.507 e. The van der Waals surface area contributed by atoms with E-state index in [0.29, 0.717) is 12.4 Å². The molecule has 3 rings (SSSR count). The number of aromatic hydroxyl groups is 1. The summed E-state index contributed by atoms with van der Waals surface area (Å²) in [6, 6.07) is 22.1. The maximum Gasteiger partial charge on any atom is 0.339 e. The number of carbonyl (C=O) groups is 1. The molecule has 24 heavy (non-hydrogen) atoms. The Labute approximate surface area is 139 Å². The van der Waals surface area contributed by atoms with Crippen molar-refractivity contribution in [3.05, 3.63) is 83.9 Å². The molecule has 0 aliphatic carbocycles. The van der Waals surface area contributed by atoms with E-state index in [9.17, 15) is 9.90 Å². The van der Waals surface area contributed by atoms with E-state index in [4.69, 9.17) is 9.84 Å². The highest BCUT2D eigenvalue weighted by atomic mass is 16.5. The standard InChI is InChI=1S/C20H16O4/c21-19-12-16(10-11-18(19)20(22)23)24-13-15-8-4-5-9-17(15)14-6-2-1-3-7-14/h1-12,21H,13H2,(H,22,23). The SMILES string of the molecule is O=C(O)c1ccc(OCc2ccccc2-c2ccccc2)cc1O. The number of phenols is 1. The Balaban J connectivity index is 1.81. The van der Waals surface area contributed by atoms with E-state index in [1.807, 2.05) is 54.6 Å². The summed E-state index contributed by atoms with van der Waals surface area (Å²) in [6.45, 7) is 0.316. The van der Waals surface area contributed by atoms with Crippen LogP contribution in [0.25, 0.3) is 11.1 Å². The molecule has 3 aromatic carbocycles. The fourth-order valence-electron chi connectivity index (χ4n) is 2.49. The Morgan fingerprint density at radius 2 is 1.62 bits per heavy atom. The van der Waals surface area contributed by atoms with Gasteiger partial charge in [-0.15, -0.1) is 0 Å². The lowest BCUT2D eigenvalue weighted by Gasteiger charge is -2.12. The molecule has 0 fully saturated rings. The smallest absolute Gasteiger partial charge is 0.339 e. The van der Waals surface area contributed by atoms with Crippen LogP contribution in [0.3, 0.4) is 0 Å². The zero-order valence-corrected chi connectivity index (χ0v) is 12.8. The van der Waals surface area contributed by atoms with Crippen LogP contribution in [-0.4, -0.2) is 16.2 Å². The van der Waals surface area contributed by atoms with E-state index < -0.39 is 5.97 Å². The van der Waals surface area contributed by atoms with E-state index in [0.717, 1.165) is 16.7 Å². The predicted molar refractivity (Wildman–Crippen MR) is 91.3 cm³/mol. The molecule has 0 heterocycles. The van der Waals surface area contributed by atoms with Crippen molar-refractivity contribution in [1.29, 1.82) is 0 Å². The third-order valence-corrected chi connectivity index (χ3v) is 3.70. The van der Waals surface area contributed by atoms with Gasteiger partial charge in [-0.05, 0) is 28.8 Å². The molecule has 4 nitrogen and oxygen atoms in total. The monoisotopic (exact) mass is 320 g/mol. The topological polar surface area (TPSA) is 66.8 Å². The van der Waals surface area contributed by atoms with E-state index in [1.165, 1.54) is 18.2 Å². The van der Waals surface area contributed by atoms with Crippen LogP contribution in [0, 0.1) is 0 Å². The lowest BCUT2D eigenvalue weighted by Crippen LogP contribution is -2.00. The number of aromatic carboxylic acids is 1. The highest BCUT2D eigenvalue weighted by Crippen LogP contribution is 2.27. The normalized spacial score (nSPS) is 10.3. The molecule has 0 saturated carbocycles. The fraction of sp³-hybridized carbons (Fsp3) is 0.0500. The van der Waals surface area contributed by atoms with Gasteiger partial charge in [0.2, 0.25) is 0 Å². The first-order valence-electron chi connectivity index (χ1n) is 7.47. The average molecular weight is 320 g/mol. The quantitative estimate of drug-likeness (QED) is 0.734. The average Bonchev–Trinajstić information content (AvgIpc) is 2.61. The van der Waals surface area contributed by atoms with Gasteiger partial charge in [0.15, 0.2) is 0 Å². The first kappa shape index (κ1) is 15.6. The first-order chi connectivity index (χ1) is 11.6. The molecule has 0 unspecified atom stereocenters. The summed E-state index contributed by atoms with van der Waals surface area (Å²) >= 11 is 0. The second-order valence-electron chi connectivity index (χ2n) is 5.30. The van der Waals surface area contributed by atoms with Crippen LogP contribution in [-0.2, 0) is 6.61 Å². The van der Waals surface area contributed by atoms with Gasteiger partial charge in [-0.2, -0.15) is 0 Å². The Kier molecular flexibility index (Phi) is 4.47. The van der Waals surface area contributed by atoms with Crippen LogP contribution in [0.5, 0.6) is 11.5 Å². The van der Waals surface area contributed by atoms with Gasteiger partial charge in [0, 0.05) is 6.07 Å². The summed E-state index contributed by atoms with van der Waals surface area (Å²) in [6.07, 6.45) is 0. The Morgan fingerprint density at radius 1 is 0.917 bits per heavy atom. The van der Waals surface area contributed by atoms with Crippen LogP contribution in [0.2, 0.25) is 0 Å². The molecular formula is C20H16O4. The summed E-state index contributed by atoms with van der Waals surface area (Å²) in [5, 5.41) is 18.7. The lowest BCUT2D eigenvalue weighted by atomic mass is 10.0. The maximum absolute atomic E-state index is 10.9. The summed E-state index contributed by atoms with van der Waals surface area (Å²) in [7, 11) is 0. The Morgan fingerprint density at radius 3 is 2.33 bits per heavy atom. The number of hydrogen-bond donors (Lipinski definition) is 2. The van der Waals surface area contributed by atoms with E-state index in [2.05, 4.69) is 0 Å². The van der Waals surface area contributed by atoms with Gasteiger partial charge in [-0.25, -0.2) is 4.79 Å². The van der Waals surface area contributed by atoms with E-state index in [-0.39, 0.29) is 11.3 Å². The molecule has 0 atom stereocenters. The minimum absolute atomic E-state index is 0.146. The third-order valence-electron chi connectivity index (χ3n) is 3.70. The molecule has 3 aromatic rings. The first-order valence-corrected chi connectivity index (χ1v) is 7.47. The minimum atomic E-state index is -1.17. The summed E-state index contributed by atoms with van der Waals surface area (Å²) in [5.74, 6) is -1.06. The highest BCUT2D eigenvalue weighted by molar-refractivity contribution is 5.90. The Hall–Kier alpha value is -3.27. The fourth-order valence-corrected chi connectivity index (χ4v) is 2.49. The van der Waals surface area contributed by atoms with Crippen LogP contribution in [0.4, 0.5) is 0 Å². The van der Waals surface area contributed by atoms with Crippen LogP contribution in [0.15, 0.2) is 72.8 Å². The summed E-state index contributed by atoms with van der Waals surface area (Å²) in [5.41, 5.74) is 3.03. The van der Waals surface area contributed by atoms with E-state index >= 15 is 0 Å².